The second-order valence-corrected chi connectivity index (χ2v) is 6.68. The molecule has 128 valence electrons. The first-order chi connectivity index (χ1) is 11.4. The minimum Gasteiger partial charge on any atom is -0.466 e. The molecule has 1 N–H and O–H groups in total. The van der Waals surface area contributed by atoms with Crippen LogP contribution in [0.2, 0.25) is 0 Å². The molecule has 0 aliphatic rings. The van der Waals surface area contributed by atoms with Crippen LogP contribution >= 0.6 is 0 Å². The van der Waals surface area contributed by atoms with E-state index in [1.54, 1.807) is 0 Å². The number of furan rings is 3. The summed E-state index contributed by atoms with van der Waals surface area (Å²) in [4.78, 5) is 0. The molecule has 4 heteroatoms. The van der Waals surface area contributed by atoms with Gasteiger partial charge in [0, 0.05) is 5.92 Å². The lowest BCUT2D eigenvalue weighted by atomic mass is 9.76. The van der Waals surface area contributed by atoms with Crippen LogP contribution in [-0.2, 0) is 5.41 Å². The Morgan fingerprint density at radius 2 is 1.33 bits per heavy atom. The molecule has 4 nitrogen and oxygen atoms in total. The molecular weight excluding hydrogens is 304 g/mol. The van der Waals surface area contributed by atoms with Crippen LogP contribution in [0.4, 0.5) is 0 Å². The number of hydrogen-bond donors (Lipinski definition) is 1. The zero-order valence-corrected chi connectivity index (χ0v) is 14.6. The molecule has 24 heavy (non-hydrogen) atoms. The Balaban J connectivity index is 2.01. The summed E-state index contributed by atoms with van der Waals surface area (Å²) in [5.74, 6) is 4.86. The van der Waals surface area contributed by atoms with Crippen molar-refractivity contribution in [2.75, 3.05) is 6.61 Å². The number of aliphatic hydroxyl groups excluding tert-OH is 1. The second kappa shape index (κ2) is 6.36. The first-order valence-electron chi connectivity index (χ1n) is 8.23. The van der Waals surface area contributed by atoms with Gasteiger partial charge in [0.2, 0.25) is 0 Å². The molecule has 0 aliphatic carbocycles. The highest BCUT2D eigenvalue weighted by molar-refractivity contribution is 5.30. The maximum atomic E-state index is 9.94. The third-order valence-electron chi connectivity index (χ3n) is 4.61. The largest absolute Gasteiger partial charge is 0.466 e. The van der Waals surface area contributed by atoms with Gasteiger partial charge in [-0.2, -0.15) is 0 Å². The van der Waals surface area contributed by atoms with Crippen LogP contribution in [-0.4, -0.2) is 11.7 Å². The van der Waals surface area contributed by atoms with E-state index in [2.05, 4.69) is 6.92 Å². The summed E-state index contributed by atoms with van der Waals surface area (Å²) in [6, 6.07) is 11.7. The standard InChI is InChI=1S/C20H24O4/c1-13-5-8-17(22-13)16(12-21)11-20(4,18-9-6-14(2)23-18)19-10-7-15(3)24-19/h5-10,16,21H,11-12H2,1-4H3. The fraction of sp³-hybridized carbons (Fsp3) is 0.400. The van der Waals surface area contributed by atoms with E-state index < -0.39 is 5.41 Å². The number of aliphatic hydroxyl groups is 1. The third kappa shape index (κ3) is 3.06. The van der Waals surface area contributed by atoms with E-state index in [4.69, 9.17) is 13.3 Å². The topological polar surface area (TPSA) is 59.7 Å². The van der Waals surface area contributed by atoms with Crippen LogP contribution in [0.1, 0.15) is 53.8 Å². The van der Waals surface area contributed by atoms with Gasteiger partial charge in [-0.15, -0.1) is 0 Å². The van der Waals surface area contributed by atoms with Crippen molar-refractivity contribution in [3.8, 4) is 0 Å². The van der Waals surface area contributed by atoms with Gasteiger partial charge < -0.3 is 18.4 Å². The van der Waals surface area contributed by atoms with E-state index in [0.717, 1.165) is 34.6 Å². The summed E-state index contributed by atoms with van der Waals surface area (Å²) in [7, 11) is 0. The summed E-state index contributed by atoms with van der Waals surface area (Å²) >= 11 is 0. The minimum atomic E-state index is -0.489. The zero-order chi connectivity index (χ0) is 17.3. The van der Waals surface area contributed by atoms with Gasteiger partial charge in [-0.25, -0.2) is 0 Å². The van der Waals surface area contributed by atoms with E-state index in [-0.39, 0.29) is 12.5 Å². The smallest absolute Gasteiger partial charge is 0.117 e. The van der Waals surface area contributed by atoms with Gasteiger partial charge >= 0.3 is 0 Å². The molecule has 0 amide bonds. The number of hydrogen-bond acceptors (Lipinski definition) is 4. The van der Waals surface area contributed by atoms with Gasteiger partial charge in [0.15, 0.2) is 0 Å². The second-order valence-electron chi connectivity index (χ2n) is 6.68. The number of aryl methyl sites for hydroxylation is 3. The average molecular weight is 328 g/mol. The Morgan fingerprint density at radius 1 is 0.833 bits per heavy atom. The predicted molar refractivity (Wildman–Crippen MR) is 91.2 cm³/mol. The van der Waals surface area contributed by atoms with Crippen molar-refractivity contribution in [1.29, 1.82) is 0 Å². The van der Waals surface area contributed by atoms with Crippen LogP contribution in [0.5, 0.6) is 0 Å². The van der Waals surface area contributed by atoms with Crippen LogP contribution in [0.25, 0.3) is 0 Å². The SMILES string of the molecule is Cc1ccc(C(CO)CC(C)(c2ccc(C)o2)c2ccc(C)o2)o1. The normalized spacial score (nSPS) is 13.4. The Morgan fingerprint density at radius 3 is 1.71 bits per heavy atom. The quantitative estimate of drug-likeness (QED) is 0.702. The first-order valence-corrected chi connectivity index (χ1v) is 8.23. The summed E-state index contributed by atoms with van der Waals surface area (Å²) in [5.41, 5.74) is -0.489. The molecule has 0 saturated heterocycles. The molecule has 0 radical (unpaired) electrons. The Kier molecular flexibility index (Phi) is 4.41. The molecule has 0 aromatic carbocycles. The van der Waals surface area contributed by atoms with Crippen LogP contribution in [0.3, 0.4) is 0 Å². The Labute approximate surface area is 142 Å². The lowest BCUT2D eigenvalue weighted by molar-refractivity contribution is 0.209. The van der Waals surface area contributed by atoms with Crippen molar-refractivity contribution in [3.05, 3.63) is 71.0 Å². The summed E-state index contributed by atoms with van der Waals surface area (Å²) in [6.45, 7) is 7.85. The van der Waals surface area contributed by atoms with Gasteiger partial charge in [0.1, 0.15) is 34.6 Å². The molecule has 3 rings (SSSR count). The zero-order valence-electron chi connectivity index (χ0n) is 14.6. The number of rotatable bonds is 6. The van der Waals surface area contributed by atoms with Crippen LogP contribution in [0.15, 0.2) is 49.6 Å². The molecular formula is C20H24O4. The molecule has 3 aromatic heterocycles. The predicted octanol–water partition coefficient (Wildman–Crippen LogP) is 4.86. The molecule has 3 heterocycles. The summed E-state index contributed by atoms with van der Waals surface area (Å²) in [6.07, 6.45) is 0.621. The highest BCUT2D eigenvalue weighted by Crippen LogP contribution is 2.42. The molecule has 3 aromatic rings. The van der Waals surface area contributed by atoms with Crippen LogP contribution in [0, 0.1) is 20.8 Å². The average Bonchev–Trinajstić information content (AvgIpc) is 3.26. The van der Waals surface area contributed by atoms with Crippen LogP contribution < -0.4 is 0 Å². The highest BCUT2D eigenvalue weighted by Gasteiger charge is 2.38. The van der Waals surface area contributed by atoms with Crippen molar-refractivity contribution < 1.29 is 18.4 Å². The molecule has 0 bridgehead atoms. The Bertz CT molecular complexity index is 765. The molecule has 0 fully saturated rings. The maximum Gasteiger partial charge on any atom is 0.117 e. The van der Waals surface area contributed by atoms with Crippen molar-refractivity contribution in [3.63, 3.8) is 0 Å². The summed E-state index contributed by atoms with van der Waals surface area (Å²) in [5, 5.41) is 9.94. The first kappa shape index (κ1) is 16.7. The molecule has 0 aliphatic heterocycles. The molecule has 0 spiro atoms. The van der Waals surface area contributed by atoms with Crippen molar-refractivity contribution >= 4 is 0 Å². The van der Waals surface area contributed by atoms with Gasteiger partial charge in [0.25, 0.3) is 0 Å². The van der Waals surface area contributed by atoms with Crippen molar-refractivity contribution in [2.45, 2.75) is 45.4 Å². The third-order valence-corrected chi connectivity index (χ3v) is 4.61. The van der Waals surface area contributed by atoms with Crippen molar-refractivity contribution in [1.82, 2.24) is 0 Å². The fourth-order valence-electron chi connectivity index (χ4n) is 3.21. The molecule has 1 atom stereocenters. The summed E-state index contributed by atoms with van der Waals surface area (Å²) < 4.78 is 17.6. The maximum absolute atomic E-state index is 9.94. The van der Waals surface area contributed by atoms with Gasteiger partial charge in [0.05, 0.1) is 12.0 Å². The lowest BCUT2D eigenvalue weighted by Gasteiger charge is -2.28. The highest BCUT2D eigenvalue weighted by atomic mass is 16.4. The minimum absolute atomic E-state index is 0.00191. The van der Waals surface area contributed by atoms with E-state index >= 15 is 0 Å². The molecule has 1 unspecified atom stereocenters. The van der Waals surface area contributed by atoms with E-state index in [1.807, 2.05) is 57.2 Å². The monoisotopic (exact) mass is 328 g/mol. The van der Waals surface area contributed by atoms with E-state index in [9.17, 15) is 5.11 Å². The van der Waals surface area contributed by atoms with Gasteiger partial charge in [-0.1, -0.05) is 0 Å². The lowest BCUT2D eigenvalue weighted by Crippen LogP contribution is -2.26. The fourth-order valence-corrected chi connectivity index (χ4v) is 3.21. The Hall–Kier alpha value is -2.20. The van der Waals surface area contributed by atoms with Gasteiger partial charge in [-0.05, 0) is 70.5 Å². The van der Waals surface area contributed by atoms with E-state index in [1.165, 1.54) is 0 Å². The van der Waals surface area contributed by atoms with Crippen molar-refractivity contribution in [2.24, 2.45) is 0 Å². The molecule has 0 saturated carbocycles. The van der Waals surface area contributed by atoms with Gasteiger partial charge in [-0.3, -0.25) is 0 Å². The van der Waals surface area contributed by atoms with E-state index in [0.29, 0.717) is 6.42 Å².